The van der Waals surface area contributed by atoms with Crippen molar-refractivity contribution in [1.82, 2.24) is 4.90 Å². The molecule has 1 fully saturated rings. The maximum atomic E-state index is 13.1. The topological polar surface area (TPSA) is 46.6 Å². The summed E-state index contributed by atoms with van der Waals surface area (Å²) in [5.74, 6) is -0.139. The van der Waals surface area contributed by atoms with E-state index in [9.17, 15) is 9.59 Å². The summed E-state index contributed by atoms with van der Waals surface area (Å²) in [7, 11) is 0. The fraction of sp³-hybridized carbons (Fsp3) is 0.182. The van der Waals surface area contributed by atoms with E-state index in [1.165, 1.54) is 4.90 Å². The normalized spacial score (nSPS) is 17.2. The molecule has 1 aliphatic heterocycles. The van der Waals surface area contributed by atoms with Crippen LogP contribution in [0, 0.1) is 0 Å². The number of ketones is 1. The second kappa shape index (κ2) is 9.09. The van der Waals surface area contributed by atoms with Crippen LogP contribution in [-0.2, 0) is 9.53 Å². The molecule has 1 heterocycles. The average Bonchev–Trinajstić information content (AvgIpc) is 2.68. The Labute approximate surface area is 174 Å². The number of rotatable bonds is 3. The molecule has 0 bridgehead atoms. The van der Waals surface area contributed by atoms with E-state index in [2.05, 4.69) is 0 Å². The summed E-state index contributed by atoms with van der Waals surface area (Å²) in [6.07, 6.45) is 2.97. The first-order valence-corrected chi connectivity index (χ1v) is 9.61. The van der Waals surface area contributed by atoms with Crippen molar-refractivity contribution in [3.63, 3.8) is 0 Å². The van der Waals surface area contributed by atoms with Gasteiger partial charge in [0.1, 0.15) is 0 Å². The molecule has 144 valence electrons. The highest BCUT2D eigenvalue weighted by Gasteiger charge is 2.30. The van der Waals surface area contributed by atoms with Crippen molar-refractivity contribution >= 4 is 47.2 Å². The van der Waals surface area contributed by atoms with Gasteiger partial charge in [0.15, 0.2) is 5.78 Å². The first-order valence-electron chi connectivity index (χ1n) is 8.86. The molecule has 0 atom stereocenters. The predicted molar refractivity (Wildman–Crippen MR) is 112 cm³/mol. The zero-order valence-corrected chi connectivity index (χ0v) is 16.8. The van der Waals surface area contributed by atoms with Gasteiger partial charge in [0, 0.05) is 21.2 Å². The van der Waals surface area contributed by atoms with Crippen LogP contribution < -0.4 is 0 Å². The Hall–Kier alpha value is -2.56. The van der Waals surface area contributed by atoms with Crippen LogP contribution in [0.5, 0.6) is 0 Å². The lowest BCUT2D eigenvalue weighted by molar-refractivity contribution is -0.113. The molecule has 1 aliphatic rings. The molecular weight excluding hydrogens is 397 g/mol. The molecule has 2 aromatic carbocycles. The van der Waals surface area contributed by atoms with Gasteiger partial charge in [0.2, 0.25) is 0 Å². The van der Waals surface area contributed by atoms with E-state index in [4.69, 9.17) is 27.9 Å². The quantitative estimate of drug-likeness (QED) is 0.621. The third kappa shape index (κ3) is 4.64. The SMILES string of the molecule is CCOC(=O)N1C/C(=C\c2ccccc2Cl)C(=O)/C(=C/c2ccccc2Cl)C1. The number of likely N-dealkylation sites (tertiary alicyclic amines) is 1. The summed E-state index contributed by atoms with van der Waals surface area (Å²) >= 11 is 12.5. The van der Waals surface area contributed by atoms with Crippen LogP contribution in [0.15, 0.2) is 59.7 Å². The Bertz CT molecular complexity index is 898. The monoisotopic (exact) mass is 415 g/mol. The summed E-state index contributed by atoms with van der Waals surface area (Å²) in [6.45, 7) is 2.32. The van der Waals surface area contributed by atoms with Crippen LogP contribution in [-0.4, -0.2) is 36.5 Å². The molecule has 0 spiro atoms. The molecule has 0 N–H and O–H groups in total. The lowest BCUT2D eigenvalue weighted by Gasteiger charge is -2.29. The third-order valence-electron chi connectivity index (χ3n) is 4.30. The minimum atomic E-state index is -0.467. The second-order valence-electron chi connectivity index (χ2n) is 6.27. The number of piperidine rings is 1. The molecule has 28 heavy (non-hydrogen) atoms. The van der Waals surface area contributed by atoms with Crippen LogP contribution in [0.4, 0.5) is 4.79 Å². The number of carbonyl (C=O) groups excluding carboxylic acids is 2. The lowest BCUT2D eigenvalue weighted by Crippen LogP contribution is -2.41. The number of hydrogen-bond acceptors (Lipinski definition) is 3. The molecule has 1 amide bonds. The van der Waals surface area contributed by atoms with Gasteiger partial charge in [0.05, 0.1) is 19.7 Å². The van der Waals surface area contributed by atoms with Crippen LogP contribution in [0.3, 0.4) is 0 Å². The molecule has 2 aromatic rings. The number of hydrogen-bond donors (Lipinski definition) is 0. The van der Waals surface area contributed by atoms with Gasteiger partial charge in [-0.2, -0.15) is 0 Å². The minimum Gasteiger partial charge on any atom is -0.450 e. The maximum absolute atomic E-state index is 13.1. The van der Waals surface area contributed by atoms with Gasteiger partial charge in [-0.3, -0.25) is 9.69 Å². The van der Waals surface area contributed by atoms with E-state index in [1.54, 1.807) is 31.2 Å². The Kier molecular flexibility index (Phi) is 6.55. The fourth-order valence-electron chi connectivity index (χ4n) is 2.94. The summed E-state index contributed by atoms with van der Waals surface area (Å²) in [6, 6.07) is 14.5. The van der Waals surface area contributed by atoms with E-state index in [1.807, 2.05) is 36.4 Å². The highest BCUT2D eigenvalue weighted by Crippen LogP contribution is 2.26. The molecule has 4 nitrogen and oxygen atoms in total. The fourth-order valence-corrected chi connectivity index (χ4v) is 3.32. The van der Waals surface area contributed by atoms with Gasteiger partial charge < -0.3 is 4.74 Å². The molecule has 6 heteroatoms. The zero-order chi connectivity index (χ0) is 20.1. The van der Waals surface area contributed by atoms with Crippen molar-refractivity contribution in [2.45, 2.75) is 6.92 Å². The highest BCUT2D eigenvalue weighted by atomic mass is 35.5. The first kappa shape index (κ1) is 20.2. The lowest BCUT2D eigenvalue weighted by atomic mass is 9.94. The van der Waals surface area contributed by atoms with E-state index < -0.39 is 6.09 Å². The smallest absolute Gasteiger partial charge is 0.410 e. The Morgan fingerprint density at radius 2 is 1.43 bits per heavy atom. The van der Waals surface area contributed by atoms with Gasteiger partial charge >= 0.3 is 6.09 Å². The number of carbonyl (C=O) groups is 2. The zero-order valence-electron chi connectivity index (χ0n) is 15.3. The van der Waals surface area contributed by atoms with Gasteiger partial charge in [-0.05, 0) is 42.3 Å². The molecule has 1 saturated heterocycles. The predicted octanol–water partition coefficient (Wildman–Crippen LogP) is 5.50. The Morgan fingerprint density at radius 3 is 1.86 bits per heavy atom. The molecule has 0 unspecified atom stereocenters. The van der Waals surface area contributed by atoms with Gasteiger partial charge in [0.25, 0.3) is 0 Å². The third-order valence-corrected chi connectivity index (χ3v) is 4.99. The number of amides is 1. The van der Waals surface area contributed by atoms with E-state index >= 15 is 0 Å². The summed E-state index contributed by atoms with van der Waals surface area (Å²) in [5, 5.41) is 1.07. The summed E-state index contributed by atoms with van der Waals surface area (Å²) in [5.41, 5.74) is 2.36. The van der Waals surface area contributed by atoms with Gasteiger partial charge in [-0.25, -0.2) is 4.79 Å². The molecule has 0 aliphatic carbocycles. The van der Waals surface area contributed by atoms with Crippen molar-refractivity contribution in [1.29, 1.82) is 0 Å². The van der Waals surface area contributed by atoms with Crippen molar-refractivity contribution in [3.8, 4) is 0 Å². The largest absolute Gasteiger partial charge is 0.450 e. The number of ether oxygens (including phenoxy) is 1. The number of benzene rings is 2. The number of Topliss-reactive ketones (excluding diaryl/α,β-unsaturated/α-hetero) is 1. The van der Waals surface area contributed by atoms with Crippen molar-refractivity contribution in [3.05, 3.63) is 80.8 Å². The van der Waals surface area contributed by atoms with Gasteiger partial charge in [-0.15, -0.1) is 0 Å². The number of nitrogens with zero attached hydrogens (tertiary/aromatic N) is 1. The highest BCUT2D eigenvalue weighted by molar-refractivity contribution is 6.33. The van der Waals surface area contributed by atoms with E-state index in [0.29, 0.717) is 21.2 Å². The molecule has 0 radical (unpaired) electrons. The second-order valence-corrected chi connectivity index (χ2v) is 7.08. The van der Waals surface area contributed by atoms with Crippen LogP contribution in [0.2, 0.25) is 10.0 Å². The maximum Gasteiger partial charge on any atom is 0.410 e. The van der Waals surface area contributed by atoms with Crippen molar-refractivity contribution in [2.24, 2.45) is 0 Å². The Balaban J connectivity index is 2.02. The molecular formula is C22H19Cl2NO3. The average molecular weight is 416 g/mol. The van der Waals surface area contributed by atoms with Crippen molar-refractivity contribution in [2.75, 3.05) is 19.7 Å². The molecule has 3 rings (SSSR count). The standard InChI is InChI=1S/C22H19Cl2NO3/c1-2-28-22(27)25-13-17(11-15-7-3-5-9-19(15)23)21(26)18(14-25)12-16-8-4-6-10-20(16)24/h3-12H,2,13-14H2,1H3/b17-11+,18-12+. The summed E-state index contributed by atoms with van der Waals surface area (Å²) < 4.78 is 5.13. The number of halogens is 2. The minimum absolute atomic E-state index is 0.139. The molecule has 0 saturated carbocycles. The Morgan fingerprint density at radius 1 is 0.964 bits per heavy atom. The molecule has 0 aromatic heterocycles. The van der Waals surface area contributed by atoms with Gasteiger partial charge in [-0.1, -0.05) is 59.6 Å². The van der Waals surface area contributed by atoms with E-state index in [-0.39, 0.29) is 25.5 Å². The van der Waals surface area contributed by atoms with Crippen molar-refractivity contribution < 1.29 is 14.3 Å². The first-order chi connectivity index (χ1) is 13.5. The van der Waals surface area contributed by atoms with Crippen LogP contribution >= 0.6 is 23.2 Å². The van der Waals surface area contributed by atoms with Crippen LogP contribution in [0.1, 0.15) is 18.1 Å². The van der Waals surface area contributed by atoms with E-state index in [0.717, 1.165) is 11.1 Å². The van der Waals surface area contributed by atoms with Crippen LogP contribution in [0.25, 0.3) is 12.2 Å². The summed E-state index contributed by atoms with van der Waals surface area (Å²) in [4.78, 5) is 26.9.